The van der Waals surface area contributed by atoms with Gasteiger partial charge < -0.3 is 5.32 Å². The lowest BCUT2D eigenvalue weighted by atomic mass is 10.1. The van der Waals surface area contributed by atoms with Crippen LogP contribution in [0.15, 0.2) is 42.5 Å². The highest BCUT2D eigenvalue weighted by atomic mass is 19.1. The first-order valence-corrected chi connectivity index (χ1v) is 6.29. The SMILES string of the molecule is CC(Cc1ccc(F)cc1)Nc1ccc(C#N)cc1F. The Morgan fingerprint density at radius 3 is 2.45 bits per heavy atom. The lowest BCUT2D eigenvalue weighted by molar-refractivity contribution is 0.623. The summed E-state index contributed by atoms with van der Waals surface area (Å²) in [5.41, 5.74) is 1.62. The van der Waals surface area contributed by atoms with E-state index in [0.717, 1.165) is 5.56 Å². The zero-order chi connectivity index (χ0) is 14.5. The van der Waals surface area contributed by atoms with Crippen LogP contribution >= 0.6 is 0 Å². The highest BCUT2D eigenvalue weighted by Gasteiger charge is 2.08. The topological polar surface area (TPSA) is 35.8 Å². The van der Waals surface area contributed by atoms with Crippen LogP contribution in [0.1, 0.15) is 18.1 Å². The van der Waals surface area contributed by atoms with Gasteiger partial charge in [0.25, 0.3) is 0 Å². The standard InChI is InChI=1S/C16H14F2N2/c1-11(8-12-2-5-14(17)6-3-12)20-16-7-4-13(10-19)9-15(16)18/h2-7,9,11,20H,8H2,1H3. The molecule has 0 saturated heterocycles. The minimum Gasteiger partial charge on any atom is -0.380 e. The molecule has 0 saturated carbocycles. The average molecular weight is 272 g/mol. The average Bonchev–Trinajstić information content (AvgIpc) is 2.43. The highest BCUT2D eigenvalue weighted by Crippen LogP contribution is 2.17. The fourth-order valence-corrected chi connectivity index (χ4v) is 1.99. The van der Waals surface area contributed by atoms with Crippen LogP contribution in [0.25, 0.3) is 0 Å². The van der Waals surface area contributed by atoms with Gasteiger partial charge in [-0.15, -0.1) is 0 Å². The van der Waals surface area contributed by atoms with Gasteiger partial charge in [-0.1, -0.05) is 12.1 Å². The number of rotatable bonds is 4. The molecular formula is C16H14F2N2. The van der Waals surface area contributed by atoms with E-state index < -0.39 is 5.82 Å². The number of nitriles is 1. The van der Waals surface area contributed by atoms with Crippen LogP contribution in [0.5, 0.6) is 0 Å². The van der Waals surface area contributed by atoms with Crippen LogP contribution in [0.4, 0.5) is 14.5 Å². The number of hydrogen-bond donors (Lipinski definition) is 1. The molecule has 0 fully saturated rings. The lowest BCUT2D eigenvalue weighted by Crippen LogP contribution is -2.18. The summed E-state index contributed by atoms with van der Waals surface area (Å²) in [5, 5.41) is 11.7. The van der Waals surface area contributed by atoms with Crippen molar-refractivity contribution in [2.75, 3.05) is 5.32 Å². The van der Waals surface area contributed by atoms with E-state index in [2.05, 4.69) is 5.32 Å². The van der Waals surface area contributed by atoms with Crippen LogP contribution in [0.3, 0.4) is 0 Å². The second kappa shape index (κ2) is 6.16. The Bertz CT molecular complexity index is 630. The first-order chi connectivity index (χ1) is 9.58. The minimum atomic E-state index is -0.449. The van der Waals surface area contributed by atoms with Gasteiger partial charge in [0, 0.05) is 6.04 Å². The lowest BCUT2D eigenvalue weighted by Gasteiger charge is -2.16. The molecule has 1 unspecified atom stereocenters. The Morgan fingerprint density at radius 2 is 1.85 bits per heavy atom. The van der Waals surface area contributed by atoms with Gasteiger partial charge in [0.05, 0.1) is 17.3 Å². The van der Waals surface area contributed by atoms with E-state index in [1.807, 2.05) is 13.0 Å². The molecule has 102 valence electrons. The molecule has 20 heavy (non-hydrogen) atoms. The molecule has 2 nitrogen and oxygen atoms in total. The molecule has 0 aliphatic rings. The molecule has 0 aliphatic heterocycles. The van der Waals surface area contributed by atoms with Crippen LogP contribution in [-0.4, -0.2) is 6.04 Å². The quantitative estimate of drug-likeness (QED) is 0.916. The maximum absolute atomic E-state index is 13.7. The molecule has 0 aliphatic carbocycles. The Balaban J connectivity index is 2.03. The van der Waals surface area contributed by atoms with E-state index in [4.69, 9.17) is 5.26 Å². The molecule has 0 bridgehead atoms. The predicted molar refractivity (Wildman–Crippen MR) is 74.3 cm³/mol. The highest BCUT2D eigenvalue weighted by molar-refractivity contribution is 5.49. The molecule has 0 spiro atoms. The molecule has 0 heterocycles. The van der Waals surface area contributed by atoms with Crippen molar-refractivity contribution in [2.45, 2.75) is 19.4 Å². The molecule has 1 N–H and O–H groups in total. The summed E-state index contributed by atoms with van der Waals surface area (Å²) in [5.74, 6) is -0.720. The third-order valence-electron chi connectivity index (χ3n) is 2.96. The summed E-state index contributed by atoms with van der Waals surface area (Å²) in [4.78, 5) is 0. The second-order valence-corrected chi connectivity index (χ2v) is 4.68. The Kier molecular flexibility index (Phi) is 4.31. The van der Waals surface area contributed by atoms with Crippen molar-refractivity contribution in [3.05, 3.63) is 65.2 Å². The van der Waals surface area contributed by atoms with E-state index in [1.165, 1.54) is 18.2 Å². The maximum Gasteiger partial charge on any atom is 0.147 e. The summed E-state index contributed by atoms with van der Waals surface area (Å²) in [6.45, 7) is 1.92. The molecule has 2 aromatic carbocycles. The number of hydrogen-bond acceptors (Lipinski definition) is 2. The van der Waals surface area contributed by atoms with Gasteiger partial charge in [0.15, 0.2) is 0 Å². The Hall–Kier alpha value is -2.41. The summed E-state index contributed by atoms with van der Waals surface area (Å²) in [6.07, 6.45) is 0.653. The summed E-state index contributed by atoms with van der Waals surface area (Å²) >= 11 is 0. The van der Waals surface area contributed by atoms with Crippen molar-refractivity contribution in [1.29, 1.82) is 5.26 Å². The fourth-order valence-electron chi connectivity index (χ4n) is 1.99. The van der Waals surface area contributed by atoms with E-state index in [-0.39, 0.29) is 11.9 Å². The van der Waals surface area contributed by atoms with Crippen LogP contribution in [-0.2, 0) is 6.42 Å². The van der Waals surface area contributed by atoms with Crippen LogP contribution in [0.2, 0.25) is 0 Å². The van der Waals surface area contributed by atoms with E-state index in [0.29, 0.717) is 17.7 Å². The number of halogens is 2. The molecule has 4 heteroatoms. The first-order valence-electron chi connectivity index (χ1n) is 6.29. The van der Waals surface area contributed by atoms with Crippen LogP contribution in [0, 0.1) is 23.0 Å². The number of anilines is 1. The van der Waals surface area contributed by atoms with E-state index in [1.54, 1.807) is 24.3 Å². The van der Waals surface area contributed by atoms with Crippen molar-refractivity contribution in [3.8, 4) is 6.07 Å². The predicted octanol–water partition coefficient (Wildman–Crippen LogP) is 3.88. The minimum absolute atomic E-state index is 0.0112. The van der Waals surface area contributed by atoms with Gasteiger partial charge in [-0.05, 0) is 49.2 Å². The molecule has 2 aromatic rings. The van der Waals surface area contributed by atoms with Crippen molar-refractivity contribution >= 4 is 5.69 Å². The van der Waals surface area contributed by atoms with Gasteiger partial charge in [-0.25, -0.2) is 8.78 Å². The second-order valence-electron chi connectivity index (χ2n) is 4.68. The zero-order valence-electron chi connectivity index (χ0n) is 11.0. The number of benzene rings is 2. The molecule has 0 amide bonds. The number of nitrogens with zero attached hydrogens (tertiary/aromatic N) is 1. The van der Waals surface area contributed by atoms with Gasteiger partial charge >= 0.3 is 0 Å². The normalized spacial score (nSPS) is 11.7. The summed E-state index contributed by atoms with van der Waals surface area (Å²) in [7, 11) is 0. The summed E-state index contributed by atoms with van der Waals surface area (Å²) < 4.78 is 26.5. The molecule has 0 radical (unpaired) electrons. The first kappa shape index (κ1) is 14.0. The van der Waals surface area contributed by atoms with Gasteiger partial charge in [-0.2, -0.15) is 5.26 Å². The number of nitrogens with one attached hydrogen (secondary N) is 1. The smallest absolute Gasteiger partial charge is 0.147 e. The largest absolute Gasteiger partial charge is 0.380 e. The van der Waals surface area contributed by atoms with Crippen molar-refractivity contribution in [3.63, 3.8) is 0 Å². The molecular weight excluding hydrogens is 258 g/mol. The van der Waals surface area contributed by atoms with Gasteiger partial charge in [-0.3, -0.25) is 0 Å². The van der Waals surface area contributed by atoms with Crippen molar-refractivity contribution in [2.24, 2.45) is 0 Å². The van der Waals surface area contributed by atoms with E-state index in [9.17, 15) is 8.78 Å². The Labute approximate surface area is 116 Å². The maximum atomic E-state index is 13.7. The fraction of sp³-hybridized carbons (Fsp3) is 0.188. The molecule has 0 aromatic heterocycles. The molecule has 1 atom stereocenters. The van der Waals surface area contributed by atoms with Gasteiger partial charge in [0.1, 0.15) is 11.6 Å². The summed E-state index contributed by atoms with van der Waals surface area (Å²) in [6, 6.07) is 12.4. The van der Waals surface area contributed by atoms with Gasteiger partial charge in [0.2, 0.25) is 0 Å². The van der Waals surface area contributed by atoms with E-state index >= 15 is 0 Å². The van der Waals surface area contributed by atoms with Crippen molar-refractivity contribution < 1.29 is 8.78 Å². The van der Waals surface area contributed by atoms with Crippen LogP contribution < -0.4 is 5.32 Å². The monoisotopic (exact) mass is 272 g/mol. The van der Waals surface area contributed by atoms with Crippen molar-refractivity contribution in [1.82, 2.24) is 0 Å². The Morgan fingerprint density at radius 1 is 1.15 bits per heavy atom. The third-order valence-corrected chi connectivity index (χ3v) is 2.96. The third kappa shape index (κ3) is 3.55. The molecule has 2 rings (SSSR count). The zero-order valence-corrected chi connectivity index (χ0v) is 11.0.